The van der Waals surface area contributed by atoms with Crippen LogP contribution in [0, 0.1) is 5.82 Å². The fourth-order valence-electron chi connectivity index (χ4n) is 3.55. The summed E-state index contributed by atoms with van der Waals surface area (Å²) in [6, 6.07) is 9.85. The minimum absolute atomic E-state index is 0.133. The number of hydrogen-bond acceptors (Lipinski definition) is 6. The molecule has 3 heterocycles. The lowest BCUT2D eigenvalue weighted by Gasteiger charge is -2.09. The van der Waals surface area contributed by atoms with Crippen molar-refractivity contribution in [2.45, 2.75) is 13.5 Å². The van der Waals surface area contributed by atoms with Crippen LogP contribution < -0.4 is 5.30 Å². The fourth-order valence-corrected chi connectivity index (χ4v) is 4.53. The number of aryl methyl sites for hydroxylation is 1. The van der Waals surface area contributed by atoms with E-state index in [4.69, 9.17) is 0 Å². The zero-order valence-electron chi connectivity index (χ0n) is 17.3. The first-order valence-corrected chi connectivity index (χ1v) is 11.8. The summed E-state index contributed by atoms with van der Waals surface area (Å²) in [4.78, 5) is 18.9. The molecule has 1 atom stereocenters. The lowest BCUT2D eigenvalue weighted by molar-refractivity contribution is 0.491. The van der Waals surface area contributed by atoms with Crippen molar-refractivity contribution in [2.75, 3.05) is 6.16 Å². The van der Waals surface area contributed by atoms with Crippen molar-refractivity contribution >= 4 is 34.9 Å². The first kappa shape index (κ1) is 20.4. The molecule has 5 aromatic rings. The Morgan fingerprint density at radius 3 is 2.72 bits per heavy atom. The largest absolute Gasteiger partial charge is 0.341 e. The van der Waals surface area contributed by atoms with Gasteiger partial charge >= 0.3 is 0 Å². The number of benzene rings is 2. The summed E-state index contributed by atoms with van der Waals surface area (Å²) in [6.45, 7) is 1.81. The molecule has 9 nitrogen and oxygen atoms in total. The minimum atomic E-state index is -3.34. The van der Waals surface area contributed by atoms with Crippen molar-refractivity contribution in [1.82, 2.24) is 34.7 Å². The first-order chi connectivity index (χ1) is 15.3. The van der Waals surface area contributed by atoms with Gasteiger partial charge in [-0.15, -0.1) is 5.10 Å². The predicted molar refractivity (Wildman–Crippen MR) is 118 cm³/mol. The summed E-state index contributed by atoms with van der Waals surface area (Å²) < 4.78 is 29.9. The van der Waals surface area contributed by atoms with Crippen LogP contribution in [-0.2, 0) is 18.2 Å². The second-order valence-corrected chi connectivity index (χ2v) is 10.1. The molecule has 0 aliphatic heterocycles. The van der Waals surface area contributed by atoms with E-state index in [1.807, 2.05) is 6.20 Å². The molecular weight excluding hydrogens is 432 g/mol. The molecule has 2 aromatic carbocycles. The standard InChI is InChI=1S/C21H19FN7O2P/c1-3-32(30,31)16-6-4-13(5-7-16)19-10-23-20-21(24-19)29(27-25-20)12-14-8-15-11-28(2)26-18(15)9-17(14)22/h4-11H,3,12H2,1-2H3,(H,30,31). The Morgan fingerprint density at radius 1 is 1.19 bits per heavy atom. The van der Waals surface area contributed by atoms with Gasteiger partial charge in [0, 0.05) is 47.3 Å². The Hall–Kier alpha value is -3.49. The third-order valence-corrected chi connectivity index (χ3v) is 7.29. The van der Waals surface area contributed by atoms with Crippen LogP contribution in [0.1, 0.15) is 12.5 Å². The van der Waals surface area contributed by atoms with E-state index in [9.17, 15) is 13.8 Å². The molecule has 3 aromatic heterocycles. The summed E-state index contributed by atoms with van der Waals surface area (Å²) in [5, 5.41) is 13.6. The number of nitrogens with zero attached hydrogens (tertiary/aromatic N) is 7. The van der Waals surface area contributed by atoms with Crippen molar-refractivity contribution < 1.29 is 13.8 Å². The normalized spacial score (nSPS) is 13.6. The van der Waals surface area contributed by atoms with Gasteiger partial charge in [-0.2, -0.15) is 5.10 Å². The molecule has 0 amide bonds. The van der Waals surface area contributed by atoms with Gasteiger partial charge in [0.1, 0.15) is 5.82 Å². The number of halogens is 1. The summed E-state index contributed by atoms with van der Waals surface area (Å²) in [7, 11) is -1.55. The van der Waals surface area contributed by atoms with E-state index in [1.165, 1.54) is 10.7 Å². The molecule has 32 heavy (non-hydrogen) atoms. The Bertz CT molecular complexity index is 1510. The molecule has 162 valence electrons. The highest BCUT2D eigenvalue weighted by atomic mass is 31.2. The molecule has 0 bridgehead atoms. The van der Waals surface area contributed by atoms with Crippen LogP contribution in [0.5, 0.6) is 0 Å². The highest BCUT2D eigenvalue weighted by Gasteiger charge is 2.19. The second-order valence-electron chi connectivity index (χ2n) is 7.52. The number of rotatable bonds is 5. The average molecular weight is 451 g/mol. The van der Waals surface area contributed by atoms with Gasteiger partial charge in [-0.1, -0.05) is 24.3 Å². The Kier molecular flexibility index (Phi) is 4.83. The molecule has 0 fully saturated rings. The van der Waals surface area contributed by atoms with Gasteiger partial charge in [0.15, 0.2) is 5.65 Å². The van der Waals surface area contributed by atoms with Gasteiger partial charge in [-0.3, -0.25) is 9.25 Å². The number of hydrogen-bond donors (Lipinski definition) is 1. The van der Waals surface area contributed by atoms with E-state index in [0.717, 1.165) is 10.9 Å². The SMILES string of the molecule is CCP(=O)(O)c1ccc(-c2cnc3nnn(Cc4cc5cn(C)nc5cc4F)c3n2)cc1. The van der Waals surface area contributed by atoms with E-state index in [2.05, 4.69) is 25.4 Å². The lowest BCUT2D eigenvalue weighted by atomic mass is 10.1. The van der Waals surface area contributed by atoms with Crippen molar-refractivity contribution in [3.63, 3.8) is 0 Å². The smallest absolute Gasteiger partial charge is 0.229 e. The topological polar surface area (TPSA) is 112 Å². The maximum Gasteiger partial charge on any atom is 0.229 e. The third-order valence-electron chi connectivity index (χ3n) is 5.33. The van der Waals surface area contributed by atoms with Crippen LogP contribution in [0.2, 0.25) is 0 Å². The predicted octanol–water partition coefficient (Wildman–Crippen LogP) is 2.88. The van der Waals surface area contributed by atoms with Gasteiger partial charge in [0.2, 0.25) is 13.0 Å². The molecule has 0 aliphatic rings. The van der Waals surface area contributed by atoms with Crippen molar-refractivity contribution in [3.05, 3.63) is 60.2 Å². The highest BCUT2D eigenvalue weighted by molar-refractivity contribution is 7.66. The number of aromatic nitrogens is 7. The molecule has 0 spiro atoms. The van der Waals surface area contributed by atoms with Crippen LogP contribution in [0.15, 0.2) is 48.8 Å². The van der Waals surface area contributed by atoms with E-state index < -0.39 is 7.37 Å². The van der Waals surface area contributed by atoms with E-state index >= 15 is 0 Å². The lowest BCUT2D eigenvalue weighted by Crippen LogP contribution is -2.06. The molecule has 0 radical (unpaired) electrons. The highest BCUT2D eigenvalue weighted by Crippen LogP contribution is 2.38. The minimum Gasteiger partial charge on any atom is -0.341 e. The van der Waals surface area contributed by atoms with E-state index in [1.54, 1.807) is 55.2 Å². The fraction of sp³-hybridized carbons (Fsp3) is 0.190. The van der Waals surface area contributed by atoms with Gasteiger partial charge in [0.25, 0.3) is 0 Å². The summed E-state index contributed by atoms with van der Waals surface area (Å²) in [5.41, 5.74) is 3.07. The van der Waals surface area contributed by atoms with E-state index in [0.29, 0.717) is 33.4 Å². The summed E-state index contributed by atoms with van der Waals surface area (Å²) in [5.74, 6) is -0.385. The van der Waals surface area contributed by atoms with Crippen LogP contribution in [-0.4, -0.2) is 45.8 Å². The van der Waals surface area contributed by atoms with E-state index in [-0.39, 0.29) is 18.5 Å². The molecule has 5 rings (SSSR count). The molecular formula is C21H19FN7O2P. The molecule has 1 unspecified atom stereocenters. The monoisotopic (exact) mass is 451 g/mol. The van der Waals surface area contributed by atoms with Crippen molar-refractivity contribution in [1.29, 1.82) is 0 Å². The second kappa shape index (κ2) is 7.58. The Morgan fingerprint density at radius 2 is 1.97 bits per heavy atom. The van der Waals surface area contributed by atoms with Crippen molar-refractivity contribution in [3.8, 4) is 11.3 Å². The molecule has 11 heteroatoms. The van der Waals surface area contributed by atoms with Crippen LogP contribution >= 0.6 is 7.37 Å². The van der Waals surface area contributed by atoms with Crippen LogP contribution in [0.4, 0.5) is 4.39 Å². The van der Waals surface area contributed by atoms with Crippen LogP contribution in [0.3, 0.4) is 0 Å². The summed E-state index contributed by atoms with van der Waals surface area (Å²) in [6.07, 6.45) is 3.56. The van der Waals surface area contributed by atoms with Crippen molar-refractivity contribution in [2.24, 2.45) is 7.05 Å². The average Bonchev–Trinajstić information content (AvgIpc) is 3.35. The Balaban J connectivity index is 1.51. The molecule has 0 saturated heterocycles. The van der Waals surface area contributed by atoms with Crippen LogP contribution in [0.25, 0.3) is 33.5 Å². The molecule has 0 saturated carbocycles. The summed E-state index contributed by atoms with van der Waals surface area (Å²) >= 11 is 0. The maximum atomic E-state index is 14.6. The van der Waals surface area contributed by atoms with Gasteiger partial charge < -0.3 is 4.89 Å². The Labute approximate surface area is 182 Å². The van der Waals surface area contributed by atoms with Gasteiger partial charge in [0.05, 0.1) is 24.0 Å². The number of fused-ring (bicyclic) bond motifs is 2. The van der Waals surface area contributed by atoms with Gasteiger partial charge in [-0.25, -0.2) is 19.0 Å². The zero-order valence-corrected chi connectivity index (χ0v) is 18.2. The maximum absolute atomic E-state index is 14.6. The third kappa shape index (κ3) is 3.57. The van der Waals surface area contributed by atoms with Gasteiger partial charge in [-0.05, 0) is 18.2 Å². The first-order valence-electron chi connectivity index (χ1n) is 9.95. The molecule has 0 aliphatic carbocycles. The zero-order chi connectivity index (χ0) is 22.5. The quantitative estimate of drug-likeness (QED) is 0.409. The molecule has 1 N–H and O–H groups in total.